The molecule has 1 nitrogen and oxygen atoms in total. The Bertz CT molecular complexity index is 1290. The van der Waals surface area contributed by atoms with Crippen molar-refractivity contribution in [2.24, 2.45) is 0 Å². The molecule has 5 aromatic rings. The summed E-state index contributed by atoms with van der Waals surface area (Å²) in [6.45, 7) is 0. The summed E-state index contributed by atoms with van der Waals surface area (Å²) < 4.78 is 0. The van der Waals surface area contributed by atoms with Crippen LogP contribution in [0.5, 0.6) is 0 Å². The van der Waals surface area contributed by atoms with Crippen molar-refractivity contribution in [1.82, 2.24) is 0 Å². The molecule has 32 heavy (non-hydrogen) atoms. The third-order valence-corrected chi connectivity index (χ3v) is 5.78. The van der Waals surface area contributed by atoms with Crippen LogP contribution >= 0.6 is 11.6 Å². The number of hydrogen-bond acceptors (Lipinski definition) is 1. The highest BCUT2D eigenvalue weighted by atomic mass is 35.5. The van der Waals surface area contributed by atoms with Gasteiger partial charge in [0.1, 0.15) is 0 Å². The normalized spacial score (nSPS) is 10.7. The van der Waals surface area contributed by atoms with E-state index in [0.29, 0.717) is 0 Å². The van der Waals surface area contributed by atoms with Gasteiger partial charge in [-0.25, -0.2) is 0 Å². The Hall–Kier alpha value is -3.81. The van der Waals surface area contributed by atoms with Crippen molar-refractivity contribution < 1.29 is 0 Å². The molecule has 0 bridgehead atoms. The monoisotopic (exact) mass is 431 g/mol. The lowest BCUT2D eigenvalue weighted by Crippen LogP contribution is -2.09. The summed E-state index contributed by atoms with van der Waals surface area (Å²) in [5, 5.41) is 0.728. The van der Waals surface area contributed by atoms with E-state index in [4.69, 9.17) is 11.6 Å². The highest BCUT2D eigenvalue weighted by Gasteiger charge is 2.13. The van der Waals surface area contributed by atoms with Gasteiger partial charge in [-0.05, 0) is 70.8 Å². The quantitative estimate of drug-likeness (QED) is 0.268. The lowest BCUT2D eigenvalue weighted by molar-refractivity contribution is 1.28. The molecule has 0 saturated carbocycles. The zero-order chi connectivity index (χ0) is 21.8. The highest BCUT2D eigenvalue weighted by Crippen LogP contribution is 2.37. The van der Waals surface area contributed by atoms with Crippen molar-refractivity contribution in [1.29, 1.82) is 0 Å². The fourth-order valence-electron chi connectivity index (χ4n) is 3.93. The predicted octanol–water partition coefficient (Wildman–Crippen LogP) is 9.14. The molecule has 0 unspecified atom stereocenters. The third-order valence-electron chi connectivity index (χ3n) is 5.53. The molecule has 0 aliphatic rings. The summed E-state index contributed by atoms with van der Waals surface area (Å²) in [5.41, 5.74) is 8.05. The number of nitrogens with zero attached hydrogens (tertiary/aromatic N) is 1. The molecule has 0 aromatic heterocycles. The maximum Gasteiger partial charge on any atom is 0.0467 e. The topological polar surface area (TPSA) is 3.24 Å². The molecule has 0 saturated heterocycles. The van der Waals surface area contributed by atoms with Crippen molar-refractivity contribution in [3.8, 4) is 22.3 Å². The average molecular weight is 432 g/mol. The molecule has 0 radical (unpaired) electrons. The van der Waals surface area contributed by atoms with Gasteiger partial charge >= 0.3 is 0 Å². The van der Waals surface area contributed by atoms with Crippen molar-refractivity contribution in [3.63, 3.8) is 0 Å². The molecule has 0 aliphatic heterocycles. The van der Waals surface area contributed by atoms with Crippen LogP contribution in [0.4, 0.5) is 17.1 Å². The number of anilines is 3. The first-order valence-corrected chi connectivity index (χ1v) is 11.0. The minimum Gasteiger partial charge on any atom is -0.310 e. The fraction of sp³-hybridized carbons (Fsp3) is 0. The van der Waals surface area contributed by atoms with Gasteiger partial charge in [0, 0.05) is 22.1 Å². The zero-order valence-electron chi connectivity index (χ0n) is 17.5. The van der Waals surface area contributed by atoms with Gasteiger partial charge < -0.3 is 4.90 Å². The molecule has 0 atom stereocenters. The molecule has 0 heterocycles. The minimum atomic E-state index is 0.728. The van der Waals surface area contributed by atoms with Crippen LogP contribution in [-0.2, 0) is 0 Å². The molecule has 5 aromatic carbocycles. The van der Waals surface area contributed by atoms with Gasteiger partial charge in [0.15, 0.2) is 0 Å². The minimum absolute atomic E-state index is 0.728. The Morgan fingerprint density at radius 3 is 1.44 bits per heavy atom. The largest absolute Gasteiger partial charge is 0.310 e. The van der Waals surface area contributed by atoms with E-state index in [0.717, 1.165) is 22.1 Å². The molecule has 154 valence electrons. The Labute approximate surface area is 194 Å². The van der Waals surface area contributed by atoms with E-state index in [-0.39, 0.29) is 0 Å². The maximum absolute atomic E-state index is 6.18. The molecule has 0 fully saturated rings. The van der Waals surface area contributed by atoms with Crippen molar-refractivity contribution in [2.75, 3.05) is 4.90 Å². The van der Waals surface area contributed by atoms with Crippen LogP contribution in [-0.4, -0.2) is 0 Å². The summed E-state index contributed by atoms with van der Waals surface area (Å²) in [7, 11) is 0. The fourth-order valence-corrected chi connectivity index (χ4v) is 4.05. The Balaban J connectivity index is 1.59. The number of benzene rings is 5. The molecular formula is C30H22ClN. The van der Waals surface area contributed by atoms with E-state index in [1.54, 1.807) is 0 Å². The third kappa shape index (κ3) is 4.30. The van der Waals surface area contributed by atoms with Gasteiger partial charge in [0.05, 0.1) is 0 Å². The van der Waals surface area contributed by atoms with E-state index in [2.05, 4.69) is 114 Å². The second-order valence-electron chi connectivity index (χ2n) is 7.64. The van der Waals surface area contributed by atoms with Crippen LogP contribution in [0.15, 0.2) is 133 Å². The van der Waals surface area contributed by atoms with Gasteiger partial charge in [-0.1, -0.05) is 96.5 Å². The van der Waals surface area contributed by atoms with Gasteiger partial charge in [-0.15, -0.1) is 0 Å². The van der Waals surface area contributed by atoms with Crippen LogP contribution in [0.25, 0.3) is 22.3 Å². The van der Waals surface area contributed by atoms with E-state index in [9.17, 15) is 0 Å². The molecule has 0 aliphatic carbocycles. The van der Waals surface area contributed by atoms with Crippen LogP contribution in [0.3, 0.4) is 0 Å². The second-order valence-corrected chi connectivity index (χ2v) is 8.08. The zero-order valence-corrected chi connectivity index (χ0v) is 18.3. The first-order valence-electron chi connectivity index (χ1n) is 10.6. The van der Waals surface area contributed by atoms with Crippen LogP contribution in [0.2, 0.25) is 5.02 Å². The summed E-state index contributed by atoms with van der Waals surface area (Å²) in [6.07, 6.45) is 0. The maximum atomic E-state index is 6.18. The molecule has 2 heteroatoms. The highest BCUT2D eigenvalue weighted by molar-refractivity contribution is 6.30. The van der Waals surface area contributed by atoms with Crippen molar-refractivity contribution in [3.05, 3.63) is 138 Å². The van der Waals surface area contributed by atoms with Gasteiger partial charge in [-0.3, -0.25) is 0 Å². The average Bonchev–Trinajstić information content (AvgIpc) is 2.87. The molecule has 0 spiro atoms. The van der Waals surface area contributed by atoms with E-state index in [1.807, 2.05) is 24.3 Å². The number of hydrogen-bond donors (Lipinski definition) is 0. The summed E-state index contributed by atoms with van der Waals surface area (Å²) >= 11 is 6.18. The summed E-state index contributed by atoms with van der Waals surface area (Å²) in [6, 6.07) is 46.2. The van der Waals surface area contributed by atoms with E-state index >= 15 is 0 Å². The molecular weight excluding hydrogens is 410 g/mol. The Kier molecular flexibility index (Phi) is 5.74. The second kappa shape index (κ2) is 9.13. The van der Waals surface area contributed by atoms with Crippen LogP contribution in [0, 0.1) is 0 Å². The standard InChI is InChI=1S/C30H22ClN/c31-27-16-20-29(21-17-27)32(28-18-14-25(15-19-28)23-8-3-1-4-9-23)30-13-7-12-26(22-30)24-10-5-2-6-11-24/h1-22H. The molecule has 0 N–H and O–H groups in total. The molecule has 5 rings (SSSR count). The van der Waals surface area contributed by atoms with Crippen LogP contribution < -0.4 is 4.90 Å². The van der Waals surface area contributed by atoms with Crippen molar-refractivity contribution >= 4 is 28.7 Å². The Morgan fingerprint density at radius 2 is 0.844 bits per heavy atom. The smallest absolute Gasteiger partial charge is 0.0467 e. The number of halogens is 1. The lowest BCUT2D eigenvalue weighted by atomic mass is 10.0. The SMILES string of the molecule is Clc1ccc(N(c2ccc(-c3ccccc3)cc2)c2cccc(-c3ccccc3)c2)cc1. The van der Waals surface area contributed by atoms with E-state index < -0.39 is 0 Å². The lowest BCUT2D eigenvalue weighted by Gasteiger charge is -2.26. The van der Waals surface area contributed by atoms with Gasteiger partial charge in [0.2, 0.25) is 0 Å². The summed E-state index contributed by atoms with van der Waals surface area (Å²) in [4.78, 5) is 2.26. The number of rotatable bonds is 5. The predicted molar refractivity (Wildman–Crippen MR) is 137 cm³/mol. The molecule has 0 amide bonds. The first-order chi connectivity index (χ1) is 15.8. The Morgan fingerprint density at radius 1 is 0.375 bits per heavy atom. The van der Waals surface area contributed by atoms with Gasteiger partial charge in [-0.2, -0.15) is 0 Å². The van der Waals surface area contributed by atoms with Crippen LogP contribution in [0.1, 0.15) is 0 Å². The van der Waals surface area contributed by atoms with Crippen molar-refractivity contribution in [2.45, 2.75) is 0 Å². The summed E-state index contributed by atoms with van der Waals surface area (Å²) in [5.74, 6) is 0. The van der Waals surface area contributed by atoms with Gasteiger partial charge in [0.25, 0.3) is 0 Å². The van der Waals surface area contributed by atoms with E-state index in [1.165, 1.54) is 22.3 Å². The first kappa shape index (κ1) is 20.1.